The van der Waals surface area contributed by atoms with Gasteiger partial charge >= 0.3 is 6.18 Å². The van der Waals surface area contributed by atoms with E-state index in [2.05, 4.69) is 5.32 Å². The predicted molar refractivity (Wildman–Crippen MR) is 83.0 cm³/mol. The molecule has 1 N–H and O–H groups in total. The summed E-state index contributed by atoms with van der Waals surface area (Å²) in [5.74, 6) is -0.796. The summed E-state index contributed by atoms with van der Waals surface area (Å²) >= 11 is 0. The Bertz CT molecular complexity index is 882. The maximum atomic E-state index is 13.0. The number of allylic oxidation sites excluding steroid dienone is 2. The van der Waals surface area contributed by atoms with Crippen LogP contribution in [0.3, 0.4) is 0 Å². The summed E-state index contributed by atoms with van der Waals surface area (Å²) in [6.45, 7) is 1.36. The molecule has 0 saturated carbocycles. The molecule has 0 spiro atoms. The zero-order valence-corrected chi connectivity index (χ0v) is 12.6. The first kappa shape index (κ1) is 16.0. The molecule has 0 bridgehead atoms. The van der Waals surface area contributed by atoms with Gasteiger partial charge in [-0.05, 0) is 24.6 Å². The first-order chi connectivity index (χ1) is 11.3. The van der Waals surface area contributed by atoms with Crippen LogP contribution in [0.1, 0.15) is 31.8 Å². The molecular weight excluding hydrogens is 319 g/mol. The highest BCUT2D eigenvalue weighted by Gasteiger charge is 2.33. The minimum atomic E-state index is -4.49. The van der Waals surface area contributed by atoms with Crippen LogP contribution in [0.25, 0.3) is 0 Å². The molecule has 0 amide bonds. The lowest BCUT2D eigenvalue weighted by Crippen LogP contribution is -2.21. The summed E-state index contributed by atoms with van der Waals surface area (Å²) < 4.78 is 38.9. The number of hydrogen-bond acceptors (Lipinski definition) is 3. The molecule has 0 unspecified atom stereocenters. The van der Waals surface area contributed by atoms with E-state index < -0.39 is 17.5 Å². The summed E-state index contributed by atoms with van der Waals surface area (Å²) in [5.41, 5.74) is -0.138. The van der Waals surface area contributed by atoms with Crippen molar-refractivity contribution in [2.75, 3.05) is 5.32 Å². The van der Waals surface area contributed by atoms with Crippen LogP contribution in [0.15, 0.2) is 54.2 Å². The van der Waals surface area contributed by atoms with Gasteiger partial charge in [-0.3, -0.25) is 9.59 Å². The molecule has 2 aromatic rings. The van der Waals surface area contributed by atoms with Crippen LogP contribution in [0, 0.1) is 6.92 Å². The minimum Gasteiger partial charge on any atom is -0.352 e. The SMILES string of the molecule is Cc1ccc(NC2=CC(=O)c3ccccc3C2=O)cc1C(F)(F)F. The Balaban J connectivity index is 1.96. The standard InChI is InChI=1S/C18H12F3NO2/c1-10-6-7-11(8-14(10)18(19,20)21)22-15-9-16(23)12-4-2-3-5-13(12)17(15)24/h2-9,22H,1H3. The summed E-state index contributed by atoms with van der Waals surface area (Å²) in [5, 5.41) is 2.63. The molecular formula is C18H12F3NO2. The van der Waals surface area contributed by atoms with Crippen molar-refractivity contribution >= 4 is 17.3 Å². The van der Waals surface area contributed by atoms with E-state index in [-0.39, 0.29) is 33.9 Å². The van der Waals surface area contributed by atoms with E-state index in [1.165, 1.54) is 31.2 Å². The van der Waals surface area contributed by atoms with Crippen LogP contribution in [0.5, 0.6) is 0 Å². The topological polar surface area (TPSA) is 46.2 Å². The third kappa shape index (κ3) is 2.82. The highest BCUT2D eigenvalue weighted by Crippen LogP contribution is 2.34. The lowest BCUT2D eigenvalue weighted by atomic mass is 9.92. The smallest absolute Gasteiger partial charge is 0.352 e. The molecule has 0 aliphatic heterocycles. The van der Waals surface area contributed by atoms with Crippen molar-refractivity contribution in [3.8, 4) is 0 Å². The molecule has 0 saturated heterocycles. The van der Waals surface area contributed by atoms with E-state index in [1.807, 2.05) is 0 Å². The van der Waals surface area contributed by atoms with Gasteiger partial charge in [0.15, 0.2) is 5.78 Å². The monoisotopic (exact) mass is 331 g/mol. The molecule has 0 aromatic heterocycles. The van der Waals surface area contributed by atoms with Gasteiger partial charge in [0.2, 0.25) is 5.78 Å². The first-order valence-electron chi connectivity index (χ1n) is 7.12. The highest BCUT2D eigenvalue weighted by atomic mass is 19.4. The molecule has 6 heteroatoms. The van der Waals surface area contributed by atoms with Gasteiger partial charge in [0.1, 0.15) is 0 Å². The van der Waals surface area contributed by atoms with Crippen molar-refractivity contribution in [1.82, 2.24) is 0 Å². The fraction of sp³-hybridized carbons (Fsp3) is 0.111. The number of hydrogen-bond donors (Lipinski definition) is 1. The fourth-order valence-corrected chi connectivity index (χ4v) is 2.57. The molecule has 0 heterocycles. The second-order valence-electron chi connectivity index (χ2n) is 5.45. The average molecular weight is 331 g/mol. The lowest BCUT2D eigenvalue weighted by Gasteiger charge is -2.18. The van der Waals surface area contributed by atoms with E-state index in [4.69, 9.17) is 0 Å². The molecule has 0 fully saturated rings. The predicted octanol–water partition coefficient (Wildman–Crippen LogP) is 4.39. The van der Waals surface area contributed by atoms with Gasteiger partial charge in [-0.25, -0.2) is 0 Å². The van der Waals surface area contributed by atoms with Crippen molar-refractivity contribution in [2.45, 2.75) is 13.1 Å². The first-order valence-corrected chi connectivity index (χ1v) is 7.12. The van der Waals surface area contributed by atoms with E-state index in [9.17, 15) is 22.8 Å². The van der Waals surface area contributed by atoms with Gasteiger partial charge < -0.3 is 5.32 Å². The molecule has 3 nitrogen and oxygen atoms in total. The molecule has 0 atom stereocenters. The van der Waals surface area contributed by atoms with Crippen molar-refractivity contribution in [3.05, 3.63) is 76.5 Å². The number of ketones is 2. The summed E-state index contributed by atoms with van der Waals surface area (Å²) in [4.78, 5) is 24.5. The zero-order chi connectivity index (χ0) is 17.5. The Kier molecular flexibility index (Phi) is 3.75. The Labute approximate surface area is 135 Å². The number of fused-ring (bicyclic) bond motifs is 1. The van der Waals surface area contributed by atoms with Gasteiger partial charge in [-0.2, -0.15) is 13.2 Å². The van der Waals surface area contributed by atoms with Crippen LogP contribution in [-0.2, 0) is 6.18 Å². The molecule has 2 aromatic carbocycles. The van der Waals surface area contributed by atoms with Crippen LogP contribution >= 0.6 is 0 Å². The summed E-state index contributed by atoms with van der Waals surface area (Å²) in [6.07, 6.45) is -3.38. The molecule has 3 rings (SSSR count). The van der Waals surface area contributed by atoms with E-state index >= 15 is 0 Å². The van der Waals surface area contributed by atoms with Crippen molar-refractivity contribution < 1.29 is 22.8 Å². The number of alkyl halides is 3. The second-order valence-corrected chi connectivity index (χ2v) is 5.45. The largest absolute Gasteiger partial charge is 0.416 e. The maximum absolute atomic E-state index is 13.0. The van der Waals surface area contributed by atoms with Crippen molar-refractivity contribution in [1.29, 1.82) is 0 Å². The zero-order valence-electron chi connectivity index (χ0n) is 12.6. The van der Waals surface area contributed by atoms with E-state index in [0.29, 0.717) is 0 Å². The molecule has 24 heavy (non-hydrogen) atoms. The number of carbonyl (C=O) groups excluding carboxylic acids is 2. The van der Waals surface area contributed by atoms with E-state index in [0.717, 1.165) is 12.1 Å². The fourth-order valence-electron chi connectivity index (χ4n) is 2.57. The van der Waals surface area contributed by atoms with Crippen LogP contribution < -0.4 is 5.32 Å². The number of aryl methyl sites for hydroxylation is 1. The number of benzene rings is 2. The Hall–Kier alpha value is -2.89. The number of anilines is 1. The van der Waals surface area contributed by atoms with Gasteiger partial charge in [0.05, 0.1) is 11.3 Å². The Morgan fingerprint density at radius 3 is 2.29 bits per heavy atom. The van der Waals surface area contributed by atoms with Crippen LogP contribution in [0.4, 0.5) is 18.9 Å². The van der Waals surface area contributed by atoms with E-state index in [1.54, 1.807) is 12.1 Å². The second kappa shape index (κ2) is 5.63. The summed E-state index contributed by atoms with van der Waals surface area (Å²) in [6, 6.07) is 10.00. The van der Waals surface area contributed by atoms with Gasteiger partial charge in [0, 0.05) is 22.9 Å². The Morgan fingerprint density at radius 2 is 1.62 bits per heavy atom. The highest BCUT2D eigenvalue weighted by molar-refractivity contribution is 6.25. The quantitative estimate of drug-likeness (QED) is 0.888. The van der Waals surface area contributed by atoms with Crippen LogP contribution in [-0.4, -0.2) is 11.6 Å². The number of Topliss-reactive ketones (excluding diaryl/α,β-unsaturated/α-hetero) is 1. The summed E-state index contributed by atoms with van der Waals surface area (Å²) in [7, 11) is 0. The lowest BCUT2D eigenvalue weighted by molar-refractivity contribution is -0.138. The van der Waals surface area contributed by atoms with Crippen molar-refractivity contribution in [3.63, 3.8) is 0 Å². The van der Waals surface area contributed by atoms with Crippen molar-refractivity contribution in [2.24, 2.45) is 0 Å². The van der Waals surface area contributed by atoms with Gasteiger partial charge in [-0.1, -0.05) is 30.3 Å². The molecule has 1 aliphatic rings. The Morgan fingerprint density at radius 1 is 0.958 bits per heavy atom. The minimum absolute atomic E-state index is 0.0457. The van der Waals surface area contributed by atoms with Crippen LogP contribution in [0.2, 0.25) is 0 Å². The molecule has 1 aliphatic carbocycles. The maximum Gasteiger partial charge on any atom is 0.416 e. The number of rotatable bonds is 2. The number of carbonyl (C=O) groups is 2. The van der Waals surface area contributed by atoms with Gasteiger partial charge in [0.25, 0.3) is 0 Å². The average Bonchev–Trinajstić information content (AvgIpc) is 2.53. The molecule has 122 valence electrons. The third-order valence-corrected chi connectivity index (χ3v) is 3.78. The number of halogens is 3. The normalized spacial score (nSPS) is 14.2. The molecule has 0 radical (unpaired) electrons. The third-order valence-electron chi connectivity index (χ3n) is 3.78. The van der Waals surface area contributed by atoms with Gasteiger partial charge in [-0.15, -0.1) is 0 Å². The number of nitrogens with one attached hydrogen (secondary N) is 1.